The van der Waals surface area contributed by atoms with Gasteiger partial charge in [-0.3, -0.25) is 0 Å². The number of H-pyrrole nitrogens is 1. The zero-order chi connectivity index (χ0) is 21.8. The molecule has 31 heavy (non-hydrogen) atoms. The molecule has 0 bridgehead atoms. The summed E-state index contributed by atoms with van der Waals surface area (Å²) in [6, 6.07) is 21.4. The van der Waals surface area contributed by atoms with Crippen LogP contribution >= 0.6 is 0 Å². The van der Waals surface area contributed by atoms with Crippen LogP contribution in [0, 0.1) is 0 Å². The molecule has 0 aliphatic heterocycles. The van der Waals surface area contributed by atoms with E-state index in [0.717, 1.165) is 33.8 Å². The number of benzene rings is 3. The van der Waals surface area contributed by atoms with Gasteiger partial charge in [0.1, 0.15) is 28.8 Å². The van der Waals surface area contributed by atoms with Gasteiger partial charge < -0.3 is 23.9 Å². The van der Waals surface area contributed by atoms with Gasteiger partial charge in [0.2, 0.25) is 0 Å². The molecular formula is C25H24N2O4. The SMILES string of the molecule is COc1ccc(-c2nc(-c3ccccc3)c(-c3ccc(OC)cc3OC)[nH]2)c(OC)c1. The topological polar surface area (TPSA) is 65.6 Å². The lowest BCUT2D eigenvalue weighted by Gasteiger charge is -2.11. The molecule has 1 heterocycles. The van der Waals surface area contributed by atoms with Crippen molar-refractivity contribution in [2.45, 2.75) is 0 Å². The van der Waals surface area contributed by atoms with Crippen molar-refractivity contribution in [2.75, 3.05) is 28.4 Å². The summed E-state index contributed by atoms with van der Waals surface area (Å²) in [7, 11) is 6.54. The van der Waals surface area contributed by atoms with E-state index in [4.69, 9.17) is 23.9 Å². The van der Waals surface area contributed by atoms with Crippen molar-refractivity contribution in [2.24, 2.45) is 0 Å². The number of imidazole rings is 1. The molecule has 3 aromatic carbocycles. The molecule has 0 fully saturated rings. The number of nitrogens with zero attached hydrogens (tertiary/aromatic N) is 1. The van der Waals surface area contributed by atoms with Crippen LogP contribution < -0.4 is 18.9 Å². The standard InChI is InChI=1S/C25H24N2O4/c1-28-17-10-12-19(21(14-17)30-3)24-23(16-8-6-5-7-9-16)26-25(27-24)20-13-11-18(29-2)15-22(20)31-4/h5-15H,1-4H3,(H,26,27). The molecule has 0 saturated carbocycles. The number of hydrogen-bond acceptors (Lipinski definition) is 5. The molecule has 4 aromatic rings. The van der Waals surface area contributed by atoms with Gasteiger partial charge in [-0.05, 0) is 24.3 Å². The molecule has 4 rings (SSSR count). The summed E-state index contributed by atoms with van der Waals surface area (Å²) in [5, 5.41) is 0. The van der Waals surface area contributed by atoms with E-state index >= 15 is 0 Å². The largest absolute Gasteiger partial charge is 0.497 e. The fourth-order valence-corrected chi connectivity index (χ4v) is 3.50. The molecule has 1 aromatic heterocycles. The molecule has 6 nitrogen and oxygen atoms in total. The fraction of sp³-hybridized carbons (Fsp3) is 0.160. The molecule has 158 valence electrons. The predicted octanol–water partition coefficient (Wildman–Crippen LogP) is 5.45. The Morgan fingerprint density at radius 2 is 1.23 bits per heavy atom. The van der Waals surface area contributed by atoms with Crippen molar-refractivity contribution < 1.29 is 18.9 Å². The maximum absolute atomic E-state index is 5.65. The van der Waals surface area contributed by atoms with Crippen molar-refractivity contribution >= 4 is 0 Å². The van der Waals surface area contributed by atoms with Gasteiger partial charge in [-0.15, -0.1) is 0 Å². The van der Waals surface area contributed by atoms with E-state index in [1.54, 1.807) is 28.4 Å². The minimum absolute atomic E-state index is 0.668. The highest BCUT2D eigenvalue weighted by atomic mass is 16.5. The van der Waals surface area contributed by atoms with Gasteiger partial charge in [0.05, 0.1) is 45.4 Å². The van der Waals surface area contributed by atoms with Crippen LogP contribution in [0.2, 0.25) is 0 Å². The minimum atomic E-state index is 0.668. The van der Waals surface area contributed by atoms with Crippen molar-refractivity contribution in [3.05, 3.63) is 66.7 Å². The summed E-state index contributed by atoms with van der Waals surface area (Å²) in [6.07, 6.45) is 0. The van der Waals surface area contributed by atoms with Crippen LogP contribution in [0.15, 0.2) is 66.7 Å². The fourth-order valence-electron chi connectivity index (χ4n) is 3.50. The van der Waals surface area contributed by atoms with E-state index in [1.807, 2.05) is 66.7 Å². The van der Waals surface area contributed by atoms with Gasteiger partial charge in [-0.25, -0.2) is 4.98 Å². The zero-order valence-electron chi connectivity index (χ0n) is 17.9. The van der Waals surface area contributed by atoms with Crippen LogP contribution in [0.25, 0.3) is 33.9 Å². The van der Waals surface area contributed by atoms with Crippen LogP contribution in [0.1, 0.15) is 0 Å². The number of rotatable bonds is 7. The molecule has 0 atom stereocenters. The molecule has 0 unspecified atom stereocenters. The third kappa shape index (κ3) is 3.92. The zero-order valence-corrected chi connectivity index (χ0v) is 17.9. The Kier molecular flexibility index (Phi) is 5.80. The molecule has 1 N–H and O–H groups in total. The minimum Gasteiger partial charge on any atom is -0.497 e. The second-order valence-electron chi connectivity index (χ2n) is 6.81. The van der Waals surface area contributed by atoms with Crippen LogP contribution in [-0.2, 0) is 0 Å². The summed E-state index contributed by atoms with van der Waals surface area (Å²) in [6.45, 7) is 0. The number of hydrogen-bond donors (Lipinski definition) is 1. The van der Waals surface area contributed by atoms with Crippen LogP contribution in [0.4, 0.5) is 0 Å². The van der Waals surface area contributed by atoms with Crippen LogP contribution in [0.5, 0.6) is 23.0 Å². The Hall–Kier alpha value is -3.93. The Morgan fingerprint density at radius 3 is 1.81 bits per heavy atom. The highest BCUT2D eigenvalue weighted by Gasteiger charge is 2.20. The van der Waals surface area contributed by atoms with Crippen molar-refractivity contribution in [3.63, 3.8) is 0 Å². The maximum atomic E-state index is 5.65. The maximum Gasteiger partial charge on any atom is 0.142 e. The molecule has 0 saturated heterocycles. The summed E-state index contributed by atoms with van der Waals surface area (Å²) < 4.78 is 21.9. The Labute approximate surface area is 181 Å². The lowest BCUT2D eigenvalue weighted by atomic mass is 10.0. The monoisotopic (exact) mass is 416 g/mol. The molecule has 0 aliphatic carbocycles. The third-order valence-electron chi connectivity index (χ3n) is 5.09. The summed E-state index contributed by atoms with van der Waals surface area (Å²) in [5.41, 5.74) is 4.37. The Balaban J connectivity index is 1.93. The van der Waals surface area contributed by atoms with E-state index in [-0.39, 0.29) is 0 Å². The average molecular weight is 416 g/mol. The summed E-state index contributed by atoms with van der Waals surface area (Å²) in [4.78, 5) is 8.43. The van der Waals surface area contributed by atoms with Crippen LogP contribution in [-0.4, -0.2) is 38.4 Å². The molecular weight excluding hydrogens is 392 g/mol. The molecule has 0 spiro atoms. The second-order valence-corrected chi connectivity index (χ2v) is 6.81. The first-order chi connectivity index (χ1) is 15.2. The molecule has 0 amide bonds. The van der Waals surface area contributed by atoms with Gasteiger partial charge in [0.15, 0.2) is 0 Å². The summed E-state index contributed by atoms with van der Waals surface area (Å²) in [5.74, 6) is 3.48. The Morgan fingerprint density at radius 1 is 0.645 bits per heavy atom. The van der Waals surface area contributed by atoms with E-state index in [0.29, 0.717) is 23.1 Å². The van der Waals surface area contributed by atoms with Crippen molar-refractivity contribution in [3.8, 4) is 56.9 Å². The van der Waals surface area contributed by atoms with E-state index in [2.05, 4.69) is 4.98 Å². The quantitative estimate of drug-likeness (QED) is 0.434. The van der Waals surface area contributed by atoms with E-state index in [9.17, 15) is 0 Å². The van der Waals surface area contributed by atoms with Crippen molar-refractivity contribution in [1.29, 1.82) is 0 Å². The molecule has 0 radical (unpaired) electrons. The third-order valence-corrected chi connectivity index (χ3v) is 5.09. The number of nitrogens with one attached hydrogen (secondary N) is 1. The second kappa shape index (κ2) is 8.83. The van der Waals surface area contributed by atoms with Gasteiger partial charge in [-0.1, -0.05) is 30.3 Å². The average Bonchev–Trinajstić information content (AvgIpc) is 3.28. The number of methoxy groups -OCH3 is 4. The number of ether oxygens (including phenoxy) is 4. The lowest BCUT2D eigenvalue weighted by Crippen LogP contribution is -1.92. The van der Waals surface area contributed by atoms with E-state index in [1.165, 1.54) is 0 Å². The highest BCUT2D eigenvalue weighted by Crippen LogP contribution is 2.41. The first kappa shape index (κ1) is 20.3. The van der Waals surface area contributed by atoms with Gasteiger partial charge in [0.25, 0.3) is 0 Å². The van der Waals surface area contributed by atoms with E-state index < -0.39 is 0 Å². The van der Waals surface area contributed by atoms with Gasteiger partial charge >= 0.3 is 0 Å². The first-order valence-corrected chi connectivity index (χ1v) is 9.78. The van der Waals surface area contributed by atoms with Crippen LogP contribution in [0.3, 0.4) is 0 Å². The van der Waals surface area contributed by atoms with Gasteiger partial charge in [0, 0.05) is 23.3 Å². The Bertz CT molecular complexity index is 1190. The van der Waals surface area contributed by atoms with Gasteiger partial charge in [-0.2, -0.15) is 0 Å². The predicted molar refractivity (Wildman–Crippen MR) is 121 cm³/mol. The number of aromatic nitrogens is 2. The lowest BCUT2D eigenvalue weighted by molar-refractivity contribution is 0.395. The first-order valence-electron chi connectivity index (χ1n) is 9.78. The normalized spacial score (nSPS) is 10.6. The van der Waals surface area contributed by atoms with Crippen molar-refractivity contribution in [1.82, 2.24) is 9.97 Å². The highest BCUT2D eigenvalue weighted by molar-refractivity contribution is 5.85. The smallest absolute Gasteiger partial charge is 0.142 e. The molecule has 6 heteroatoms. The molecule has 0 aliphatic rings. The summed E-state index contributed by atoms with van der Waals surface area (Å²) >= 11 is 0. The number of aromatic amines is 1.